The molecular weight excluding hydrogens is 276 g/mol. The maximum absolute atomic E-state index is 12.0. The highest BCUT2D eigenvalue weighted by Crippen LogP contribution is 2.32. The van der Waals surface area contributed by atoms with Gasteiger partial charge in [0.1, 0.15) is 6.61 Å². The van der Waals surface area contributed by atoms with Crippen molar-refractivity contribution in [1.29, 1.82) is 0 Å². The van der Waals surface area contributed by atoms with Gasteiger partial charge in [-0.15, -0.1) is 0 Å². The molecule has 0 radical (unpaired) electrons. The first-order valence-electron chi connectivity index (χ1n) is 6.83. The Kier molecular flexibility index (Phi) is 3.81. The van der Waals surface area contributed by atoms with E-state index in [1.54, 1.807) is 23.1 Å². The quantitative estimate of drug-likeness (QED) is 0.819. The van der Waals surface area contributed by atoms with Gasteiger partial charge in [-0.1, -0.05) is 0 Å². The number of carbonyl (C=O) groups excluding carboxylic acids is 2. The van der Waals surface area contributed by atoms with Crippen molar-refractivity contribution in [2.75, 3.05) is 33.0 Å². The molecule has 0 aromatic heterocycles. The number of carbonyl (C=O) groups is 2. The van der Waals surface area contributed by atoms with Gasteiger partial charge in [0.2, 0.25) is 6.79 Å². The number of nitrogens with zero attached hydrogens (tertiary/aromatic N) is 1. The van der Waals surface area contributed by atoms with Crippen molar-refractivity contribution in [2.45, 2.75) is 6.42 Å². The van der Waals surface area contributed by atoms with E-state index in [9.17, 15) is 9.59 Å². The third kappa shape index (κ3) is 3.01. The SMILES string of the molecule is O=C(NCCCN1CCOC1=O)c1ccc2c(c1)OCO2. The zero-order valence-corrected chi connectivity index (χ0v) is 11.5. The topological polar surface area (TPSA) is 77.1 Å². The number of hydrogen-bond donors (Lipinski definition) is 1. The van der Waals surface area contributed by atoms with Crippen molar-refractivity contribution < 1.29 is 23.8 Å². The van der Waals surface area contributed by atoms with Crippen LogP contribution in [0.3, 0.4) is 0 Å². The van der Waals surface area contributed by atoms with E-state index in [2.05, 4.69) is 5.32 Å². The molecule has 0 saturated carbocycles. The Morgan fingerprint density at radius 1 is 1.24 bits per heavy atom. The molecule has 2 aliphatic heterocycles. The number of nitrogens with one attached hydrogen (secondary N) is 1. The van der Waals surface area contributed by atoms with Gasteiger partial charge in [-0.25, -0.2) is 4.79 Å². The van der Waals surface area contributed by atoms with E-state index in [0.717, 1.165) is 0 Å². The van der Waals surface area contributed by atoms with Gasteiger partial charge in [0.15, 0.2) is 11.5 Å². The zero-order chi connectivity index (χ0) is 14.7. The average molecular weight is 292 g/mol. The Balaban J connectivity index is 1.45. The highest BCUT2D eigenvalue weighted by molar-refractivity contribution is 5.94. The largest absolute Gasteiger partial charge is 0.454 e. The van der Waals surface area contributed by atoms with Crippen LogP contribution in [0.25, 0.3) is 0 Å². The van der Waals surface area contributed by atoms with Crippen LogP contribution >= 0.6 is 0 Å². The predicted octanol–water partition coefficient (Wildman–Crippen LogP) is 0.987. The first-order chi connectivity index (χ1) is 10.2. The predicted molar refractivity (Wildman–Crippen MR) is 72.4 cm³/mol. The summed E-state index contributed by atoms with van der Waals surface area (Å²) in [6.45, 7) is 2.33. The number of rotatable bonds is 5. The summed E-state index contributed by atoms with van der Waals surface area (Å²) in [4.78, 5) is 24.8. The number of cyclic esters (lactones) is 1. The molecule has 2 aliphatic rings. The molecule has 1 fully saturated rings. The molecule has 3 rings (SSSR count). The summed E-state index contributed by atoms with van der Waals surface area (Å²) in [5.74, 6) is 1.07. The van der Waals surface area contributed by atoms with Crippen LogP contribution in [0.15, 0.2) is 18.2 Å². The molecule has 0 bridgehead atoms. The van der Waals surface area contributed by atoms with Crippen LogP contribution in [0.2, 0.25) is 0 Å². The maximum atomic E-state index is 12.0. The monoisotopic (exact) mass is 292 g/mol. The van der Waals surface area contributed by atoms with E-state index in [0.29, 0.717) is 49.7 Å². The van der Waals surface area contributed by atoms with E-state index in [4.69, 9.17) is 14.2 Å². The lowest BCUT2D eigenvalue weighted by molar-refractivity contribution is 0.0952. The van der Waals surface area contributed by atoms with Crippen molar-refractivity contribution in [3.05, 3.63) is 23.8 Å². The summed E-state index contributed by atoms with van der Waals surface area (Å²) in [6.07, 6.45) is 0.405. The molecule has 21 heavy (non-hydrogen) atoms. The highest BCUT2D eigenvalue weighted by atomic mass is 16.7. The summed E-state index contributed by atoms with van der Waals surface area (Å²) in [7, 11) is 0. The highest BCUT2D eigenvalue weighted by Gasteiger charge is 2.21. The van der Waals surface area contributed by atoms with Gasteiger partial charge < -0.3 is 24.4 Å². The minimum atomic E-state index is -0.280. The van der Waals surface area contributed by atoms with Gasteiger partial charge in [-0.3, -0.25) is 4.79 Å². The van der Waals surface area contributed by atoms with Crippen LogP contribution in [0, 0.1) is 0 Å². The van der Waals surface area contributed by atoms with Crippen molar-refractivity contribution in [3.8, 4) is 11.5 Å². The molecule has 1 N–H and O–H groups in total. The standard InChI is InChI=1S/C14H16N2O5/c17-13(10-2-3-11-12(8-10)21-9-20-11)15-4-1-5-16-6-7-19-14(16)18/h2-3,8H,1,4-7,9H2,(H,15,17). The summed E-state index contributed by atoms with van der Waals surface area (Å²) in [6, 6.07) is 5.08. The van der Waals surface area contributed by atoms with Crippen LogP contribution < -0.4 is 14.8 Å². The van der Waals surface area contributed by atoms with E-state index in [1.165, 1.54) is 0 Å². The normalized spacial score (nSPS) is 16.0. The van der Waals surface area contributed by atoms with Crippen molar-refractivity contribution >= 4 is 12.0 Å². The van der Waals surface area contributed by atoms with E-state index < -0.39 is 0 Å². The Morgan fingerprint density at radius 2 is 2.10 bits per heavy atom. The molecule has 0 aliphatic carbocycles. The molecule has 0 spiro atoms. The van der Waals surface area contributed by atoms with Crippen LogP contribution in [-0.2, 0) is 4.74 Å². The second kappa shape index (κ2) is 5.90. The van der Waals surface area contributed by atoms with Crippen LogP contribution in [0.1, 0.15) is 16.8 Å². The molecule has 0 unspecified atom stereocenters. The summed E-state index contributed by atoms with van der Waals surface area (Å²) in [5.41, 5.74) is 0.528. The fourth-order valence-electron chi connectivity index (χ4n) is 2.24. The molecule has 2 amide bonds. The van der Waals surface area contributed by atoms with Crippen LogP contribution in [0.4, 0.5) is 4.79 Å². The second-order valence-electron chi connectivity index (χ2n) is 4.78. The van der Waals surface area contributed by atoms with Gasteiger partial charge >= 0.3 is 6.09 Å². The molecule has 7 heteroatoms. The number of amides is 2. The summed E-state index contributed by atoms with van der Waals surface area (Å²) >= 11 is 0. The molecular formula is C14H16N2O5. The minimum absolute atomic E-state index is 0.169. The van der Waals surface area contributed by atoms with E-state index in [-0.39, 0.29) is 18.8 Å². The third-order valence-corrected chi connectivity index (χ3v) is 3.37. The molecule has 1 aromatic carbocycles. The Labute approximate surface area is 121 Å². The molecule has 1 saturated heterocycles. The Morgan fingerprint density at radius 3 is 2.90 bits per heavy atom. The average Bonchev–Trinajstić information content (AvgIpc) is 3.11. The lowest BCUT2D eigenvalue weighted by Gasteiger charge is -2.12. The molecule has 2 heterocycles. The van der Waals surface area contributed by atoms with Gasteiger partial charge in [-0.2, -0.15) is 0 Å². The smallest absolute Gasteiger partial charge is 0.409 e. The number of hydrogen-bond acceptors (Lipinski definition) is 5. The molecule has 112 valence electrons. The lowest BCUT2D eigenvalue weighted by Crippen LogP contribution is -2.30. The lowest BCUT2D eigenvalue weighted by atomic mass is 10.2. The fraction of sp³-hybridized carbons (Fsp3) is 0.429. The summed E-state index contributed by atoms with van der Waals surface area (Å²) in [5, 5.41) is 2.81. The number of ether oxygens (including phenoxy) is 3. The van der Waals surface area contributed by atoms with E-state index in [1.807, 2.05) is 0 Å². The minimum Gasteiger partial charge on any atom is -0.454 e. The fourth-order valence-corrected chi connectivity index (χ4v) is 2.24. The van der Waals surface area contributed by atoms with Gasteiger partial charge in [-0.05, 0) is 24.6 Å². The molecule has 0 atom stereocenters. The van der Waals surface area contributed by atoms with Gasteiger partial charge in [0.05, 0.1) is 6.54 Å². The van der Waals surface area contributed by atoms with E-state index >= 15 is 0 Å². The Bertz CT molecular complexity index is 560. The van der Waals surface area contributed by atoms with Crippen molar-refractivity contribution in [2.24, 2.45) is 0 Å². The zero-order valence-electron chi connectivity index (χ0n) is 11.5. The summed E-state index contributed by atoms with van der Waals surface area (Å²) < 4.78 is 15.3. The third-order valence-electron chi connectivity index (χ3n) is 3.37. The first-order valence-corrected chi connectivity index (χ1v) is 6.83. The second-order valence-corrected chi connectivity index (χ2v) is 4.78. The van der Waals surface area contributed by atoms with Gasteiger partial charge in [0.25, 0.3) is 5.91 Å². The number of fused-ring (bicyclic) bond motifs is 1. The first kappa shape index (κ1) is 13.5. The number of benzene rings is 1. The maximum Gasteiger partial charge on any atom is 0.409 e. The molecule has 1 aromatic rings. The van der Waals surface area contributed by atoms with Crippen molar-refractivity contribution in [3.63, 3.8) is 0 Å². The van der Waals surface area contributed by atoms with Crippen LogP contribution in [-0.4, -0.2) is 49.9 Å². The van der Waals surface area contributed by atoms with Crippen LogP contribution in [0.5, 0.6) is 11.5 Å². The van der Waals surface area contributed by atoms with Crippen molar-refractivity contribution in [1.82, 2.24) is 10.2 Å². The molecule has 7 nitrogen and oxygen atoms in total. The van der Waals surface area contributed by atoms with Gasteiger partial charge in [0, 0.05) is 18.7 Å². The Hall–Kier alpha value is -2.44.